The highest BCUT2D eigenvalue weighted by molar-refractivity contribution is 7.16. The number of hydrogen-bond donors (Lipinski definition) is 1. The van der Waals surface area contributed by atoms with Gasteiger partial charge in [0.25, 0.3) is 0 Å². The van der Waals surface area contributed by atoms with Crippen molar-refractivity contribution in [3.05, 3.63) is 68.1 Å². The van der Waals surface area contributed by atoms with Gasteiger partial charge in [0.05, 0.1) is 4.92 Å². The smallest absolute Gasteiger partial charge is 0.328 e. The Morgan fingerprint density at radius 1 is 1.32 bits per heavy atom. The Balaban J connectivity index is 2.77. The van der Waals surface area contributed by atoms with Crippen LogP contribution in [0.4, 0.5) is 5.00 Å². The number of aliphatic carboxylic acids is 1. The number of carbonyl (C=O) groups is 1. The first-order valence-corrected chi connectivity index (χ1v) is 7.30. The maximum absolute atomic E-state index is 10.7. The summed E-state index contributed by atoms with van der Waals surface area (Å²) in [6, 6.07) is 1.56. The van der Waals surface area contributed by atoms with Gasteiger partial charge < -0.3 is 5.11 Å². The van der Waals surface area contributed by atoms with Crippen LogP contribution in [0.3, 0.4) is 0 Å². The zero-order chi connectivity index (χ0) is 16.7. The average molecular weight is 319 g/mol. The van der Waals surface area contributed by atoms with E-state index in [1.165, 1.54) is 0 Å². The highest BCUT2D eigenvalue weighted by Crippen LogP contribution is 2.29. The molecule has 0 aliphatic rings. The molecule has 0 aromatic carbocycles. The number of nitrogens with zero attached hydrogens (tertiary/aromatic N) is 1. The number of aryl methyl sites for hydroxylation is 1. The lowest BCUT2D eigenvalue weighted by Gasteiger charge is -1.91. The number of carboxylic acid groups (broad SMARTS) is 1. The summed E-state index contributed by atoms with van der Waals surface area (Å²) >= 11 is 1.14. The molecule has 1 heterocycles. The van der Waals surface area contributed by atoms with Gasteiger partial charge in [0.2, 0.25) is 0 Å². The predicted octanol–water partition coefficient (Wildman–Crippen LogP) is 4.51. The first-order valence-electron chi connectivity index (χ1n) is 6.48. The molecule has 6 heteroatoms. The summed E-state index contributed by atoms with van der Waals surface area (Å²) in [4.78, 5) is 21.6. The fraction of sp³-hybridized carbons (Fsp3) is 0.188. The number of nitro groups is 1. The molecule has 0 saturated heterocycles. The molecule has 0 saturated carbocycles. The van der Waals surface area contributed by atoms with E-state index in [0.29, 0.717) is 5.57 Å². The maximum atomic E-state index is 10.7. The quantitative estimate of drug-likeness (QED) is 0.362. The highest BCUT2D eigenvalue weighted by Gasteiger charge is 2.11. The van der Waals surface area contributed by atoms with E-state index in [1.807, 2.05) is 32.1 Å². The molecule has 0 unspecified atom stereocenters. The van der Waals surface area contributed by atoms with Crippen LogP contribution in [0, 0.1) is 17.0 Å². The van der Waals surface area contributed by atoms with Crippen LogP contribution in [0.5, 0.6) is 0 Å². The zero-order valence-corrected chi connectivity index (χ0v) is 13.4. The minimum Gasteiger partial charge on any atom is -0.478 e. The van der Waals surface area contributed by atoms with E-state index in [0.717, 1.165) is 33.4 Å². The number of thiophene rings is 1. The lowest BCUT2D eigenvalue weighted by Crippen LogP contribution is -1.87. The largest absolute Gasteiger partial charge is 0.478 e. The van der Waals surface area contributed by atoms with Crippen molar-refractivity contribution < 1.29 is 14.8 Å². The monoisotopic (exact) mass is 319 g/mol. The van der Waals surface area contributed by atoms with Crippen molar-refractivity contribution in [2.45, 2.75) is 20.8 Å². The van der Waals surface area contributed by atoms with Crippen LogP contribution in [0.15, 0.2) is 47.6 Å². The molecule has 0 fully saturated rings. The van der Waals surface area contributed by atoms with E-state index in [4.69, 9.17) is 5.11 Å². The molecular formula is C16H17NO4S. The Hall–Kier alpha value is -2.47. The van der Waals surface area contributed by atoms with E-state index < -0.39 is 10.9 Å². The second kappa shape index (κ2) is 8.09. The molecule has 1 rings (SSSR count). The molecule has 0 aliphatic carbocycles. The van der Waals surface area contributed by atoms with Crippen molar-refractivity contribution in [3.8, 4) is 0 Å². The normalized spacial score (nSPS) is 13.2. The molecule has 116 valence electrons. The summed E-state index contributed by atoms with van der Waals surface area (Å²) in [5, 5.41) is 19.4. The Labute approximate surface area is 132 Å². The van der Waals surface area contributed by atoms with E-state index in [-0.39, 0.29) is 5.00 Å². The summed E-state index contributed by atoms with van der Waals surface area (Å²) in [5.74, 6) is -0.975. The van der Waals surface area contributed by atoms with Crippen LogP contribution in [0.1, 0.15) is 24.3 Å². The molecular weight excluding hydrogens is 302 g/mol. The van der Waals surface area contributed by atoms with E-state index >= 15 is 0 Å². The van der Waals surface area contributed by atoms with Gasteiger partial charge in [-0.3, -0.25) is 10.1 Å². The van der Waals surface area contributed by atoms with Gasteiger partial charge in [-0.15, -0.1) is 0 Å². The second-order valence-electron chi connectivity index (χ2n) is 4.72. The fourth-order valence-electron chi connectivity index (χ4n) is 1.59. The SMILES string of the molecule is CC(/C=C/c1sc([N+](=O)[O-])cc1C)=C\C=C\C(C)=C\C(=O)O. The van der Waals surface area contributed by atoms with Gasteiger partial charge in [-0.25, -0.2) is 4.79 Å². The third-order valence-electron chi connectivity index (χ3n) is 2.69. The molecule has 22 heavy (non-hydrogen) atoms. The molecule has 0 amide bonds. The molecule has 0 aliphatic heterocycles. The van der Waals surface area contributed by atoms with Crippen molar-refractivity contribution in [1.29, 1.82) is 0 Å². The van der Waals surface area contributed by atoms with Crippen LogP contribution in [0.25, 0.3) is 6.08 Å². The summed E-state index contributed by atoms with van der Waals surface area (Å²) in [5.41, 5.74) is 2.47. The van der Waals surface area contributed by atoms with Crippen molar-refractivity contribution >= 4 is 28.4 Å². The molecule has 1 N–H and O–H groups in total. The summed E-state index contributed by atoms with van der Waals surface area (Å²) in [7, 11) is 0. The molecule has 1 aromatic heterocycles. The molecule has 0 bridgehead atoms. The Morgan fingerprint density at radius 3 is 2.55 bits per heavy atom. The number of hydrogen-bond acceptors (Lipinski definition) is 4. The molecule has 0 atom stereocenters. The molecule has 5 nitrogen and oxygen atoms in total. The van der Waals surface area contributed by atoms with Crippen molar-refractivity contribution in [1.82, 2.24) is 0 Å². The Kier molecular flexibility index (Phi) is 6.47. The summed E-state index contributed by atoms with van der Waals surface area (Å²) in [6.45, 7) is 5.44. The van der Waals surface area contributed by atoms with Gasteiger partial charge in [0, 0.05) is 17.0 Å². The van der Waals surface area contributed by atoms with Crippen LogP contribution in [-0.2, 0) is 4.79 Å². The van der Waals surface area contributed by atoms with Gasteiger partial charge in [-0.05, 0) is 38.0 Å². The zero-order valence-electron chi connectivity index (χ0n) is 12.6. The molecule has 0 radical (unpaired) electrons. The van der Waals surface area contributed by atoms with Gasteiger partial charge in [-0.1, -0.05) is 41.2 Å². The van der Waals surface area contributed by atoms with Crippen LogP contribution < -0.4 is 0 Å². The standard InChI is InChI=1S/C16H17NO4S/c1-11(5-4-6-12(2)9-16(18)19)7-8-14-13(3)10-15(22-14)17(20)21/h4-10H,1-3H3,(H,18,19)/b6-4+,8-7+,11-5+,12-9+. The fourth-order valence-corrected chi connectivity index (χ4v) is 2.48. The van der Waals surface area contributed by atoms with Gasteiger partial charge in [0.15, 0.2) is 0 Å². The van der Waals surface area contributed by atoms with E-state index in [2.05, 4.69) is 0 Å². The Bertz CT molecular complexity index is 693. The van der Waals surface area contributed by atoms with E-state index in [1.54, 1.807) is 25.1 Å². The first-order chi connectivity index (χ1) is 10.3. The molecule has 1 aromatic rings. The lowest BCUT2D eigenvalue weighted by molar-refractivity contribution is -0.380. The number of rotatable bonds is 6. The van der Waals surface area contributed by atoms with Gasteiger partial charge in [0.1, 0.15) is 0 Å². The first kappa shape index (κ1) is 17.6. The van der Waals surface area contributed by atoms with Crippen LogP contribution >= 0.6 is 11.3 Å². The summed E-state index contributed by atoms with van der Waals surface area (Å²) < 4.78 is 0. The topological polar surface area (TPSA) is 80.4 Å². The third-order valence-corrected chi connectivity index (χ3v) is 3.84. The van der Waals surface area contributed by atoms with Crippen molar-refractivity contribution in [3.63, 3.8) is 0 Å². The minimum absolute atomic E-state index is 0.133. The van der Waals surface area contributed by atoms with Crippen LogP contribution in [0.2, 0.25) is 0 Å². The summed E-state index contributed by atoms with van der Waals surface area (Å²) in [6.07, 6.45) is 10.1. The van der Waals surface area contributed by atoms with E-state index in [9.17, 15) is 14.9 Å². The maximum Gasteiger partial charge on any atom is 0.328 e. The van der Waals surface area contributed by atoms with Gasteiger partial charge in [-0.2, -0.15) is 0 Å². The Morgan fingerprint density at radius 2 is 2.00 bits per heavy atom. The van der Waals surface area contributed by atoms with Gasteiger partial charge >= 0.3 is 11.0 Å². The third kappa shape index (κ3) is 5.88. The minimum atomic E-state index is -0.975. The van der Waals surface area contributed by atoms with Crippen LogP contribution in [-0.4, -0.2) is 16.0 Å². The second-order valence-corrected chi connectivity index (χ2v) is 5.78. The van der Waals surface area contributed by atoms with Crippen molar-refractivity contribution in [2.75, 3.05) is 0 Å². The lowest BCUT2D eigenvalue weighted by atomic mass is 10.2. The predicted molar refractivity (Wildman–Crippen MR) is 89.0 cm³/mol. The average Bonchev–Trinajstić information content (AvgIpc) is 2.77. The van der Waals surface area contributed by atoms with Crippen molar-refractivity contribution in [2.24, 2.45) is 0 Å². The highest BCUT2D eigenvalue weighted by atomic mass is 32.1. The number of allylic oxidation sites excluding steroid dienone is 6. The number of carboxylic acids is 1. The molecule has 0 spiro atoms.